The predicted molar refractivity (Wildman–Crippen MR) is 320 cm³/mol. The summed E-state index contributed by atoms with van der Waals surface area (Å²) in [7, 11) is 0. The second-order valence-electron chi connectivity index (χ2n) is 20.2. The van der Waals surface area contributed by atoms with E-state index in [1.807, 2.05) is 0 Å². The van der Waals surface area contributed by atoms with Crippen molar-refractivity contribution in [2.75, 3.05) is 13.2 Å². The van der Waals surface area contributed by atoms with Crippen LogP contribution in [0.4, 0.5) is 0 Å². The molecule has 0 aromatic rings. The molecule has 0 heterocycles. The third-order valence-electron chi connectivity index (χ3n) is 13.0. The second-order valence-corrected chi connectivity index (χ2v) is 20.2. The molecule has 6 heteroatoms. The lowest BCUT2D eigenvalue weighted by Crippen LogP contribution is -2.30. The number of allylic oxidation sites excluding steroid dienone is 18. The molecule has 0 aromatic heterocycles. The normalized spacial score (nSPS) is 12.9. The van der Waals surface area contributed by atoms with E-state index in [0.717, 1.165) is 116 Å². The summed E-state index contributed by atoms with van der Waals surface area (Å²) in [5.74, 6) is -0.953. The van der Waals surface area contributed by atoms with E-state index < -0.39 is 6.10 Å². The van der Waals surface area contributed by atoms with Gasteiger partial charge in [-0.1, -0.05) is 246 Å². The molecule has 0 spiro atoms. The molecule has 422 valence electrons. The number of esters is 3. The van der Waals surface area contributed by atoms with Crippen molar-refractivity contribution in [3.05, 3.63) is 109 Å². The van der Waals surface area contributed by atoms with Crippen molar-refractivity contribution in [1.29, 1.82) is 0 Å². The molecule has 0 amide bonds. The molecule has 0 bridgehead atoms. The van der Waals surface area contributed by atoms with E-state index in [0.29, 0.717) is 19.3 Å². The van der Waals surface area contributed by atoms with Crippen LogP contribution in [0.2, 0.25) is 0 Å². The van der Waals surface area contributed by atoms with Gasteiger partial charge in [0.25, 0.3) is 0 Å². The van der Waals surface area contributed by atoms with E-state index >= 15 is 0 Å². The van der Waals surface area contributed by atoms with E-state index in [4.69, 9.17) is 14.2 Å². The Morgan fingerprint density at radius 3 is 0.865 bits per heavy atom. The Kier molecular flexibility index (Phi) is 58.3. The molecule has 0 fully saturated rings. The average Bonchev–Trinajstić information content (AvgIpc) is 3.40. The molecule has 6 nitrogen and oxygen atoms in total. The Bertz CT molecular complexity index is 1510. The fraction of sp³-hybridized carbons (Fsp3) is 0.691. The summed E-state index contributed by atoms with van der Waals surface area (Å²) in [5.41, 5.74) is 0. The smallest absolute Gasteiger partial charge is 0.306 e. The number of carbonyl (C=O) groups is 3. The summed E-state index contributed by atoms with van der Waals surface area (Å²) < 4.78 is 16.9. The first kappa shape index (κ1) is 70.1. The monoisotopic (exact) mass is 1030 g/mol. The lowest BCUT2D eigenvalue weighted by atomic mass is 10.1. The number of unbranched alkanes of at least 4 members (excludes halogenated alkanes) is 26. The molecule has 0 aliphatic heterocycles. The van der Waals surface area contributed by atoms with Gasteiger partial charge in [-0.05, 0) is 128 Å². The standard InChI is InChI=1S/C68H114O6/c1-4-7-10-13-16-19-22-25-28-30-32-33-34-35-36-38-40-43-46-49-52-55-58-61-67(70)73-64-65(63-72-66(69)60-57-54-51-48-45-42-39-27-24-21-18-15-12-9-6-3)74-68(71)62-59-56-53-50-47-44-41-37-31-29-26-23-20-17-14-11-8-5-2/h9,12,18,20-23,25,27,29-32,34-35,39,45,48,65H,4-8,10-11,13-17,19,24,26,28,33,36-38,40-44,46-47,49-64H2,1-3H3/b12-9-,21-18-,23-20-,25-22-,31-29-,32-30-,35-34-,39-27-,48-45-. The Balaban J connectivity index is 4.44. The number of ether oxygens (including phenoxy) is 3. The first-order chi connectivity index (χ1) is 36.5. The minimum atomic E-state index is -0.806. The highest BCUT2D eigenvalue weighted by Gasteiger charge is 2.19. The number of hydrogen-bond acceptors (Lipinski definition) is 6. The van der Waals surface area contributed by atoms with E-state index in [9.17, 15) is 14.4 Å². The maximum Gasteiger partial charge on any atom is 0.306 e. The lowest BCUT2D eigenvalue weighted by Gasteiger charge is -2.18. The number of rotatable bonds is 55. The van der Waals surface area contributed by atoms with E-state index in [1.165, 1.54) is 128 Å². The molecule has 1 atom stereocenters. The fourth-order valence-electron chi connectivity index (χ4n) is 8.35. The minimum absolute atomic E-state index is 0.0997. The summed E-state index contributed by atoms with van der Waals surface area (Å²) >= 11 is 0. The van der Waals surface area contributed by atoms with Crippen LogP contribution in [0.25, 0.3) is 0 Å². The van der Waals surface area contributed by atoms with E-state index in [-0.39, 0.29) is 31.1 Å². The van der Waals surface area contributed by atoms with E-state index in [1.54, 1.807) is 0 Å². The van der Waals surface area contributed by atoms with Crippen LogP contribution in [0.15, 0.2) is 109 Å². The van der Waals surface area contributed by atoms with Gasteiger partial charge in [0.05, 0.1) is 0 Å². The first-order valence-corrected chi connectivity index (χ1v) is 30.9. The van der Waals surface area contributed by atoms with Gasteiger partial charge in [-0.3, -0.25) is 14.4 Å². The summed E-state index contributed by atoms with van der Waals surface area (Å²) in [6.07, 6.45) is 83.7. The summed E-state index contributed by atoms with van der Waals surface area (Å²) in [5, 5.41) is 0. The lowest BCUT2D eigenvalue weighted by molar-refractivity contribution is -0.167. The van der Waals surface area contributed by atoms with Gasteiger partial charge in [0, 0.05) is 19.3 Å². The van der Waals surface area contributed by atoms with Crippen molar-refractivity contribution in [3.63, 3.8) is 0 Å². The van der Waals surface area contributed by atoms with Crippen LogP contribution in [-0.4, -0.2) is 37.2 Å². The Morgan fingerprint density at radius 1 is 0.284 bits per heavy atom. The quantitative estimate of drug-likeness (QED) is 0.0261. The molecular weight excluding hydrogens is 913 g/mol. The van der Waals surface area contributed by atoms with Crippen LogP contribution in [0, 0.1) is 0 Å². The summed E-state index contributed by atoms with van der Waals surface area (Å²) in [6.45, 7) is 6.46. The number of carbonyl (C=O) groups excluding carboxylic acids is 3. The molecule has 0 rings (SSSR count). The Hall–Kier alpha value is -3.93. The largest absolute Gasteiger partial charge is 0.462 e. The predicted octanol–water partition coefficient (Wildman–Crippen LogP) is 21.0. The summed E-state index contributed by atoms with van der Waals surface area (Å²) in [6, 6.07) is 0. The zero-order valence-electron chi connectivity index (χ0n) is 48.3. The van der Waals surface area contributed by atoms with Crippen LogP contribution in [0.5, 0.6) is 0 Å². The number of hydrogen-bond donors (Lipinski definition) is 0. The average molecular weight is 1030 g/mol. The van der Waals surface area contributed by atoms with Crippen molar-refractivity contribution in [2.45, 2.75) is 290 Å². The van der Waals surface area contributed by atoms with Gasteiger partial charge in [0.1, 0.15) is 13.2 Å². The van der Waals surface area contributed by atoms with Crippen LogP contribution in [0.1, 0.15) is 284 Å². The zero-order valence-corrected chi connectivity index (χ0v) is 48.3. The topological polar surface area (TPSA) is 78.9 Å². The molecule has 0 aliphatic carbocycles. The van der Waals surface area contributed by atoms with Crippen LogP contribution < -0.4 is 0 Å². The zero-order chi connectivity index (χ0) is 53.6. The fourth-order valence-corrected chi connectivity index (χ4v) is 8.35. The molecule has 0 N–H and O–H groups in total. The van der Waals surface area contributed by atoms with Crippen LogP contribution >= 0.6 is 0 Å². The van der Waals surface area contributed by atoms with Crippen molar-refractivity contribution < 1.29 is 28.6 Å². The van der Waals surface area contributed by atoms with Crippen molar-refractivity contribution in [2.24, 2.45) is 0 Å². The highest BCUT2D eigenvalue weighted by molar-refractivity contribution is 5.71. The molecule has 0 saturated heterocycles. The van der Waals surface area contributed by atoms with Gasteiger partial charge in [-0.25, -0.2) is 0 Å². The van der Waals surface area contributed by atoms with Gasteiger partial charge < -0.3 is 14.2 Å². The van der Waals surface area contributed by atoms with Crippen molar-refractivity contribution in [1.82, 2.24) is 0 Å². The Morgan fingerprint density at radius 2 is 0.527 bits per heavy atom. The molecule has 0 saturated carbocycles. The highest BCUT2D eigenvalue weighted by Crippen LogP contribution is 2.15. The third kappa shape index (κ3) is 59.0. The first-order valence-electron chi connectivity index (χ1n) is 30.9. The van der Waals surface area contributed by atoms with Gasteiger partial charge in [-0.2, -0.15) is 0 Å². The SMILES string of the molecule is CC/C=C\C/C=C\C/C=C\C/C=C\CCCCC(=O)OCC(COC(=O)CCCCCCCCCC/C=C\C/C=C\C/C=C\CCCCCCC)OC(=O)CCCCCCCCC/C=C\C/C=C\CCCCCC. The third-order valence-corrected chi connectivity index (χ3v) is 13.0. The molecule has 74 heavy (non-hydrogen) atoms. The van der Waals surface area contributed by atoms with Crippen molar-refractivity contribution in [3.8, 4) is 0 Å². The Labute approximate surface area is 457 Å². The maximum atomic E-state index is 12.9. The highest BCUT2D eigenvalue weighted by atomic mass is 16.6. The molecule has 0 aromatic carbocycles. The van der Waals surface area contributed by atoms with Gasteiger partial charge >= 0.3 is 17.9 Å². The molecular formula is C68H114O6. The molecule has 0 aliphatic rings. The second kappa shape index (κ2) is 61.6. The maximum absolute atomic E-state index is 12.9. The van der Waals surface area contributed by atoms with Crippen molar-refractivity contribution >= 4 is 17.9 Å². The molecule has 0 radical (unpaired) electrons. The van der Waals surface area contributed by atoms with Crippen LogP contribution in [-0.2, 0) is 28.6 Å². The molecule has 1 unspecified atom stereocenters. The van der Waals surface area contributed by atoms with E-state index in [2.05, 4.69) is 130 Å². The van der Waals surface area contributed by atoms with Gasteiger partial charge in [-0.15, -0.1) is 0 Å². The van der Waals surface area contributed by atoms with Crippen LogP contribution in [0.3, 0.4) is 0 Å². The van der Waals surface area contributed by atoms with Gasteiger partial charge in [0.2, 0.25) is 0 Å². The summed E-state index contributed by atoms with van der Waals surface area (Å²) in [4.78, 5) is 38.3. The minimum Gasteiger partial charge on any atom is -0.462 e. The van der Waals surface area contributed by atoms with Gasteiger partial charge in [0.15, 0.2) is 6.10 Å².